The lowest BCUT2D eigenvalue weighted by molar-refractivity contribution is -0.118. The van der Waals surface area contributed by atoms with E-state index < -0.39 is 0 Å². The quantitative estimate of drug-likeness (QED) is 0.618. The first kappa shape index (κ1) is 16.0. The number of amides is 1. The third-order valence-corrected chi connectivity index (χ3v) is 4.37. The van der Waals surface area contributed by atoms with Crippen molar-refractivity contribution < 1.29 is 4.79 Å². The van der Waals surface area contributed by atoms with Crippen LogP contribution in [-0.2, 0) is 4.79 Å². The van der Waals surface area contributed by atoms with Gasteiger partial charge in [-0.2, -0.15) is 0 Å². The smallest absolute Gasteiger partial charge is 0.230 e. The van der Waals surface area contributed by atoms with E-state index in [0.717, 1.165) is 13.0 Å². The van der Waals surface area contributed by atoms with Gasteiger partial charge in [-0.1, -0.05) is 23.4 Å². The van der Waals surface area contributed by atoms with Crippen LogP contribution in [0.2, 0.25) is 0 Å². The fourth-order valence-electron chi connectivity index (χ4n) is 2.28. The molecule has 7 heteroatoms. The third-order valence-electron chi connectivity index (χ3n) is 3.44. The Balaban J connectivity index is 1.67. The predicted molar refractivity (Wildman–Crippen MR) is 83.1 cm³/mol. The molecule has 1 aliphatic rings. The van der Waals surface area contributed by atoms with Gasteiger partial charge in [0.15, 0.2) is 0 Å². The van der Waals surface area contributed by atoms with Gasteiger partial charge in [0.25, 0.3) is 0 Å². The summed E-state index contributed by atoms with van der Waals surface area (Å²) >= 11 is 1.38. The molecule has 21 heavy (non-hydrogen) atoms. The minimum Gasteiger partial charge on any atom is -0.355 e. The molecule has 1 aromatic rings. The Hall–Kier alpha value is -1.37. The van der Waals surface area contributed by atoms with Gasteiger partial charge >= 0.3 is 0 Å². The maximum absolute atomic E-state index is 11.8. The molecule has 0 bridgehead atoms. The molecule has 0 saturated carbocycles. The molecule has 0 radical (unpaired) electrons. The van der Waals surface area contributed by atoms with E-state index in [9.17, 15) is 4.79 Å². The SMILES string of the molecule is CC(C)n1nnnc1SCC(=O)NCCC1=CCCCC1. The summed E-state index contributed by atoms with van der Waals surface area (Å²) in [7, 11) is 0. The summed E-state index contributed by atoms with van der Waals surface area (Å²) in [5.41, 5.74) is 1.48. The number of thioether (sulfide) groups is 1. The third kappa shape index (κ3) is 5.15. The van der Waals surface area contributed by atoms with Crippen LogP contribution in [0.1, 0.15) is 52.0 Å². The number of carbonyl (C=O) groups excluding carboxylic acids is 1. The Morgan fingerprint density at radius 1 is 1.48 bits per heavy atom. The normalized spacial score (nSPS) is 15.1. The molecule has 2 rings (SSSR count). The predicted octanol–water partition coefficient (Wildman–Crippen LogP) is 2.35. The highest BCUT2D eigenvalue weighted by Gasteiger charge is 2.12. The van der Waals surface area contributed by atoms with E-state index in [1.54, 1.807) is 4.68 Å². The molecule has 1 amide bonds. The Morgan fingerprint density at radius 3 is 3.05 bits per heavy atom. The van der Waals surface area contributed by atoms with Gasteiger partial charge in [-0.05, 0) is 56.4 Å². The highest BCUT2D eigenvalue weighted by Crippen LogP contribution is 2.19. The molecule has 0 fully saturated rings. The molecule has 0 atom stereocenters. The molecule has 0 spiro atoms. The van der Waals surface area contributed by atoms with Crippen molar-refractivity contribution in [2.75, 3.05) is 12.3 Å². The second-order valence-corrected chi connectivity index (χ2v) is 6.44. The fourth-order valence-corrected chi connectivity index (χ4v) is 3.12. The van der Waals surface area contributed by atoms with Crippen LogP contribution in [0.25, 0.3) is 0 Å². The Bertz CT molecular complexity index is 497. The summed E-state index contributed by atoms with van der Waals surface area (Å²) in [6, 6.07) is 0.198. The number of tetrazole rings is 1. The second kappa shape index (κ2) is 8.17. The van der Waals surface area contributed by atoms with E-state index in [1.165, 1.54) is 43.0 Å². The van der Waals surface area contributed by atoms with E-state index in [2.05, 4.69) is 26.9 Å². The van der Waals surface area contributed by atoms with E-state index in [-0.39, 0.29) is 11.9 Å². The molecule has 1 aromatic heterocycles. The van der Waals surface area contributed by atoms with Gasteiger partial charge in [-0.3, -0.25) is 4.79 Å². The van der Waals surface area contributed by atoms with Crippen LogP contribution in [0.3, 0.4) is 0 Å². The number of nitrogens with one attached hydrogen (secondary N) is 1. The number of hydrogen-bond donors (Lipinski definition) is 1. The summed E-state index contributed by atoms with van der Waals surface area (Å²) in [4.78, 5) is 11.8. The maximum atomic E-state index is 11.8. The molecular weight excluding hydrogens is 286 g/mol. The maximum Gasteiger partial charge on any atom is 0.230 e. The molecule has 0 saturated heterocycles. The van der Waals surface area contributed by atoms with Crippen LogP contribution in [0.15, 0.2) is 16.8 Å². The molecular formula is C14H23N5OS. The Labute approximate surface area is 129 Å². The van der Waals surface area contributed by atoms with Gasteiger partial charge in [0.2, 0.25) is 11.1 Å². The van der Waals surface area contributed by atoms with Crippen LogP contribution in [0.5, 0.6) is 0 Å². The van der Waals surface area contributed by atoms with Crippen LogP contribution in [-0.4, -0.2) is 38.4 Å². The van der Waals surface area contributed by atoms with Crippen LogP contribution >= 0.6 is 11.8 Å². The number of hydrogen-bond acceptors (Lipinski definition) is 5. The Morgan fingerprint density at radius 2 is 2.33 bits per heavy atom. The lowest BCUT2D eigenvalue weighted by atomic mass is 9.97. The lowest BCUT2D eigenvalue weighted by Gasteiger charge is -2.13. The molecule has 0 aliphatic heterocycles. The molecule has 1 heterocycles. The number of carbonyl (C=O) groups is 1. The molecule has 1 N–H and O–H groups in total. The van der Waals surface area contributed by atoms with Crippen molar-refractivity contribution in [3.63, 3.8) is 0 Å². The monoisotopic (exact) mass is 309 g/mol. The second-order valence-electron chi connectivity index (χ2n) is 5.50. The van der Waals surface area contributed by atoms with E-state index >= 15 is 0 Å². The molecule has 1 aliphatic carbocycles. The highest BCUT2D eigenvalue weighted by molar-refractivity contribution is 7.99. The molecule has 0 aromatic carbocycles. The van der Waals surface area contributed by atoms with E-state index in [0.29, 0.717) is 10.9 Å². The summed E-state index contributed by atoms with van der Waals surface area (Å²) in [5, 5.41) is 15.2. The lowest BCUT2D eigenvalue weighted by Crippen LogP contribution is -2.26. The Kier molecular flexibility index (Phi) is 6.22. The largest absolute Gasteiger partial charge is 0.355 e. The van der Waals surface area contributed by atoms with Gasteiger partial charge < -0.3 is 5.32 Å². The summed E-state index contributed by atoms with van der Waals surface area (Å²) < 4.78 is 1.73. The summed E-state index contributed by atoms with van der Waals surface area (Å²) in [6.07, 6.45) is 8.26. The highest BCUT2D eigenvalue weighted by atomic mass is 32.2. The molecule has 6 nitrogen and oxygen atoms in total. The topological polar surface area (TPSA) is 72.7 Å². The minimum absolute atomic E-state index is 0.0368. The van der Waals surface area contributed by atoms with Crippen LogP contribution < -0.4 is 5.32 Å². The van der Waals surface area contributed by atoms with E-state index in [4.69, 9.17) is 0 Å². The number of rotatable bonds is 7. The zero-order valence-corrected chi connectivity index (χ0v) is 13.5. The number of aromatic nitrogens is 4. The summed E-state index contributed by atoms with van der Waals surface area (Å²) in [6.45, 7) is 4.75. The molecule has 116 valence electrons. The van der Waals surface area contributed by atoms with Crippen molar-refractivity contribution in [1.29, 1.82) is 0 Å². The van der Waals surface area contributed by atoms with Gasteiger partial charge in [0.05, 0.1) is 11.8 Å². The zero-order chi connectivity index (χ0) is 15.1. The van der Waals surface area contributed by atoms with Crippen molar-refractivity contribution in [2.45, 2.75) is 57.1 Å². The van der Waals surface area contributed by atoms with Gasteiger partial charge in [0.1, 0.15) is 0 Å². The minimum atomic E-state index is 0.0368. The standard InChI is InChI=1S/C14H23N5OS/c1-11(2)19-14(16-17-18-19)21-10-13(20)15-9-8-12-6-4-3-5-7-12/h6,11H,3-5,7-10H2,1-2H3,(H,15,20). The number of nitrogens with zero attached hydrogens (tertiary/aromatic N) is 4. The zero-order valence-electron chi connectivity index (χ0n) is 12.7. The van der Waals surface area contributed by atoms with Gasteiger partial charge in [-0.15, -0.1) is 5.10 Å². The van der Waals surface area contributed by atoms with Crippen molar-refractivity contribution in [3.8, 4) is 0 Å². The van der Waals surface area contributed by atoms with Gasteiger partial charge in [0, 0.05) is 6.54 Å². The average Bonchev–Trinajstić information content (AvgIpc) is 2.95. The first-order valence-electron chi connectivity index (χ1n) is 7.52. The van der Waals surface area contributed by atoms with Crippen LogP contribution in [0, 0.1) is 0 Å². The van der Waals surface area contributed by atoms with Crippen LogP contribution in [0.4, 0.5) is 0 Å². The van der Waals surface area contributed by atoms with E-state index in [1.807, 2.05) is 13.8 Å². The fraction of sp³-hybridized carbons (Fsp3) is 0.714. The van der Waals surface area contributed by atoms with Crippen molar-refractivity contribution >= 4 is 17.7 Å². The first-order chi connectivity index (χ1) is 10.2. The average molecular weight is 309 g/mol. The summed E-state index contributed by atoms with van der Waals surface area (Å²) in [5.74, 6) is 0.390. The molecule has 0 unspecified atom stereocenters. The number of allylic oxidation sites excluding steroid dienone is 1. The van der Waals surface area contributed by atoms with Crippen molar-refractivity contribution in [1.82, 2.24) is 25.5 Å². The van der Waals surface area contributed by atoms with Crippen molar-refractivity contribution in [2.24, 2.45) is 0 Å². The first-order valence-corrected chi connectivity index (χ1v) is 8.50. The van der Waals surface area contributed by atoms with Gasteiger partial charge in [-0.25, -0.2) is 4.68 Å². The van der Waals surface area contributed by atoms with Crippen molar-refractivity contribution in [3.05, 3.63) is 11.6 Å².